The summed E-state index contributed by atoms with van der Waals surface area (Å²) in [5.41, 5.74) is 7.74. The summed E-state index contributed by atoms with van der Waals surface area (Å²) in [6.07, 6.45) is 3.45. The molecule has 3 amide bonds. The van der Waals surface area contributed by atoms with Gasteiger partial charge in [-0.15, -0.1) is 0 Å². The molecule has 8 nitrogen and oxygen atoms in total. The van der Waals surface area contributed by atoms with Gasteiger partial charge in [-0.05, 0) is 55.0 Å². The number of piperazine rings is 1. The van der Waals surface area contributed by atoms with Crippen molar-refractivity contribution >= 4 is 40.8 Å². The van der Waals surface area contributed by atoms with Crippen molar-refractivity contribution in [2.75, 3.05) is 24.1 Å². The molecule has 1 saturated heterocycles. The lowest BCUT2D eigenvalue weighted by Crippen LogP contribution is -2.59. The molecule has 35 heavy (non-hydrogen) atoms. The summed E-state index contributed by atoms with van der Waals surface area (Å²) in [4.78, 5) is 46.4. The fraction of sp³-hybridized carbons (Fsp3) is 0.440. The van der Waals surface area contributed by atoms with Crippen LogP contribution >= 0.6 is 11.6 Å². The van der Waals surface area contributed by atoms with E-state index >= 15 is 0 Å². The van der Waals surface area contributed by atoms with Crippen molar-refractivity contribution in [1.29, 1.82) is 0 Å². The number of nitrogens with zero attached hydrogens (tertiary/aromatic N) is 3. The van der Waals surface area contributed by atoms with Crippen LogP contribution in [0, 0.1) is 11.7 Å². The number of nitrogens with two attached hydrogens (primary N) is 1. The minimum Gasteiger partial charge on any atom is -0.383 e. The van der Waals surface area contributed by atoms with Gasteiger partial charge in [0.25, 0.3) is 0 Å². The number of carbonyl (C=O) groups excluding carboxylic acids is 3. The molecule has 2 atom stereocenters. The highest BCUT2D eigenvalue weighted by Gasteiger charge is 2.40. The zero-order valence-electron chi connectivity index (χ0n) is 19.9. The monoisotopic (exact) mass is 501 g/mol. The van der Waals surface area contributed by atoms with Crippen LogP contribution in [0.15, 0.2) is 30.5 Å². The van der Waals surface area contributed by atoms with Crippen LogP contribution in [0.4, 0.5) is 15.9 Å². The maximum absolute atomic E-state index is 13.8. The average molecular weight is 502 g/mol. The van der Waals surface area contributed by atoms with E-state index in [-0.39, 0.29) is 36.0 Å². The van der Waals surface area contributed by atoms with Crippen LogP contribution < -0.4 is 11.1 Å². The van der Waals surface area contributed by atoms with Crippen LogP contribution in [-0.2, 0) is 14.4 Å². The lowest BCUT2D eigenvalue weighted by Gasteiger charge is -2.45. The molecule has 1 aliphatic heterocycles. The number of halogens is 2. The maximum atomic E-state index is 13.8. The molecule has 0 radical (unpaired) electrons. The predicted octanol–water partition coefficient (Wildman–Crippen LogP) is 3.73. The number of aromatic nitrogens is 1. The number of carbonyl (C=O) groups is 3. The molecule has 0 spiro atoms. The van der Waals surface area contributed by atoms with Gasteiger partial charge < -0.3 is 20.9 Å². The van der Waals surface area contributed by atoms with Gasteiger partial charge >= 0.3 is 11.8 Å². The minimum absolute atomic E-state index is 0.0622. The van der Waals surface area contributed by atoms with Gasteiger partial charge in [-0.1, -0.05) is 31.5 Å². The van der Waals surface area contributed by atoms with E-state index < -0.39 is 23.7 Å². The van der Waals surface area contributed by atoms with Crippen LogP contribution in [-0.4, -0.2) is 51.6 Å². The number of pyridine rings is 1. The minimum atomic E-state index is -0.827. The molecule has 3 N–H and O–H groups in total. The van der Waals surface area contributed by atoms with E-state index in [4.69, 9.17) is 17.3 Å². The van der Waals surface area contributed by atoms with Crippen molar-refractivity contribution < 1.29 is 18.8 Å². The first-order valence-electron chi connectivity index (χ1n) is 11.7. The lowest BCUT2D eigenvalue weighted by molar-refractivity contribution is -0.152. The van der Waals surface area contributed by atoms with E-state index in [1.54, 1.807) is 24.8 Å². The molecule has 10 heteroatoms. The highest BCUT2D eigenvalue weighted by atomic mass is 35.5. The molecule has 1 unspecified atom stereocenters. The van der Waals surface area contributed by atoms with Gasteiger partial charge in [0, 0.05) is 25.0 Å². The second-order valence-corrected chi connectivity index (χ2v) is 9.98. The van der Waals surface area contributed by atoms with Crippen LogP contribution in [0.3, 0.4) is 0 Å². The van der Waals surface area contributed by atoms with Gasteiger partial charge in [0.2, 0.25) is 5.91 Å². The average Bonchev–Trinajstić information content (AvgIpc) is 3.66. The molecule has 1 aromatic heterocycles. The molecule has 4 rings (SSSR count). The summed E-state index contributed by atoms with van der Waals surface area (Å²) in [5.74, 6) is -1.73. The third kappa shape index (κ3) is 5.24. The molecule has 0 bridgehead atoms. The Bertz CT molecular complexity index is 1170. The number of amides is 3. The first kappa shape index (κ1) is 24.9. The molecule has 2 heterocycles. The van der Waals surface area contributed by atoms with Crippen molar-refractivity contribution in [3.8, 4) is 0 Å². The largest absolute Gasteiger partial charge is 0.383 e. The third-order valence-electron chi connectivity index (χ3n) is 6.52. The summed E-state index contributed by atoms with van der Waals surface area (Å²) in [6, 6.07) is 4.94. The molecule has 1 aliphatic carbocycles. The van der Waals surface area contributed by atoms with Crippen molar-refractivity contribution in [1.82, 2.24) is 14.8 Å². The normalized spacial score (nSPS) is 20.2. The molecule has 2 aromatic rings. The van der Waals surface area contributed by atoms with Crippen molar-refractivity contribution in [3.63, 3.8) is 0 Å². The highest BCUT2D eigenvalue weighted by molar-refractivity contribution is 6.39. The number of rotatable bonds is 4. The smallest absolute Gasteiger partial charge is 0.313 e. The first-order chi connectivity index (χ1) is 16.6. The van der Waals surface area contributed by atoms with Gasteiger partial charge in [0.15, 0.2) is 0 Å². The zero-order chi connectivity index (χ0) is 25.4. The van der Waals surface area contributed by atoms with Crippen molar-refractivity contribution in [2.45, 2.75) is 51.6 Å². The Hall–Kier alpha value is -3.20. The topological polar surface area (TPSA) is 109 Å². The summed E-state index contributed by atoms with van der Waals surface area (Å²) in [6.45, 7) is 5.74. The summed E-state index contributed by atoms with van der Waals surface area (Å²) in [7, 11) is 0. The van der Waals surface area contributed by atoms with Gasteiger partial charge in [-0.2, -0.15) is 0 Å². The summed E-state index contributed by atoms with van der Waals surface area (Å²) < 4.78 is 13.8. The zero-order valence-corrected chi connectivity index (χ0v) is 20.7. The fourth-order valence-corrected chi connectivity index (χ4v) is 4.63. The van der Waals surface area contributed by atoms with Gasteiger partial charge in [-0.3, -0.25) is 14.4 Å². The highest BCUT2D eigenvalue weighted by Crippen LogP contribution is 2.42. The Morgan fingerprint density at radius 2 is 1.89 bits per heavy atom. The van der Waals surface area contributed by atoms with Crippen LogP contribution in [0.25, 0.3) is 0 Å². The van der Waals surface area contributed by atoms with E-state index in [1.807, 2.05) is 6.92 Å². The van der Waals surface area contributed by atoms with Crippen molar-refractivity contribution in [2.24, 2.45) is 5.92 Å². The predicted molar refractivity (Wildman–Crippen MR) is 131 cm³/mol. The van der Waals surface area contributed by atoms with Crippen molar-refractivity contribution in [3.05, 3.63) is 52.4 Å². The number of nitrogen functional groups attached to an aromatic ring is 1. The number of hydrogen-bond acceptors (Lipinski definition) is 5. The lowest BCUT2D eigenvalue weighted by atomic mass is 9.98. The Morgan fingerprint density at radius 3 is 2.51 bits per heavy atom. The van der Waals surface area contributed by atoms with E-state index in [0.717, 1.165) is 18.4 Å². The SMILES string of the molecule is CC(C)C(=O)N1CC(c2ccc(F)c(Cl)c2)N(C(=O)C(=O)Nc2cnc(N)c(C3CC3)c2)C[C@H]1C. The first-order valence-corrected chi connectivity index (χ1v) is 12.1. The Balaban J connectivity index is 1.60. The van der Waals surface area contributed by atoms with Gasteiger partial charge in [0.1, 0.15) is 11.6 Å². The van der Waals surface area contributed by atoms with E-state index in [0.29, 0.717) is 23.0 Å². The molecule has 186 valence electrons. The molecule has 1 saturated carbocycles. The second kappa shape index (κ2) is 9.81. The molecular formula is C25H29ClFN5O3. The van der Waals surface area contributed by atoms with Crippen LogP contribution in [0.1, 0.15) is 56.7 Å². The maximum Gasteiger partial charge on any atom is 0.313 e. The number of benzene rings is 1. The molecule has 2 aliphatic rings. The quantitative estimate of drug-likeness (QED) is 0.620. The van der Waals surface area contributed by atoms with Crippen LogP contribution in [0.5, 0.6) is 0 Å². The second-order valence-electron chi connectivity index (χ2n) is 9.57. The van der Waals surface area contributed by atoms with E-state index in [9.17, 15) is 18.8 Å². The Labute approximate surface area is 208 Å². The number of anilines is 2. The molecule has 1 aromatic carbocycles. The summed E-state index contributed by atoms with van der Waals surface area (Å²) in [5, 5.41) is 2.54. The summed E-state index contributed by atoms with van der Waals surface area (Å²) >= 11 is 6.01. The molecule has 2 fully saturated rings. The number of hydrogen-bond donors (Lipinski definition) is 2. The fourth-order valence-electron chi connectivity index (χ4n) is 4.44. The molecular weight excluding hydrogens is 473 g/mol. The third-order valence-corrected chi connectivity index (χ3v) is 6.81. The standard InChI is InChI=1S/C25H29ClFN5O3/c1-13(2)24(34)31-12-21(16-6-7-20(27)19(26)8-16)32(11-14(31)3)25(35)23(33)30-17-9-18(15-4-5-15)22(28)29-10-17/h6-10,13-15,21H,4-5,11-12H2,1-3H3,(H2,28,29)(H,30,33)/t14-,21?/m1/s1. The van der Waals surface area contributed by atoms with Gasteiger partial charge in [0.05, 0.1) is 22.9 Å². The van der Waals surface area contributed by atoms with Gasteiger partial charge in [-0.25, -0.2) is 9.37 Å². The van der Waals surface area contributed by atoms with Crippen LogP contribution in [0.2, 0.25) is 5.02 Å². The van der Waals surface area contributed by atoms with E-state index in [2.05, 4.69) is 10.3 Å². The number of nitrogens with one attached hydrogen (secondary N) is 1. The Morgan fingerprint density at radius 1 is 1.17 bits per heavy atom. The Kier molecular flexibility index (Phi) is 6.98. The van der Waals surface area contributed by atoms with E-state index in [1.165, 1.54) is 29.3 Å².